The van der Waals surface area contributed by atoms with Crippen LogP contribution in [-0.4, -0.2) is 62.7 Å². The molecule has 0 atom stereocenters. The van der Waals surface area contributed by atoms with Crippen molar-refractivity contribution in [1.82, 2.24) is 9.21 Å². The molecule has 2 heterocycles. The van der Waals surface area contributed by atoms with Crippen molar-refractivity contribution < 1.29 is 18.0 Å². The Hall–Kier alpha value is -1.93. The van der Waals surface area contributed by atoms with E-state index >= 15 is 0 Å². The van der Waals surface area contributed by atoms with E-state index in [1.807, 2.05) is 6.92 Å². The van der Waals surface area contributed by atoms with Crippen molar-refractivity contribution in [3.8, 4) is 0 Å². The molecule has 3 rings (SSSR count). The van der Waals surface area contributed by atoms with E-state index < -0.39 is 10.0 Å². The number of piperazine rings is 1. The Labute approximate surface area is 141 Å². The quantitative estimate of drug-likeness (QED) is 0.744. The molecular weight excluding hydrogens is 330 g/mol. The lowest BCUT2D eigenvalue weighted by Crippen LogP contribution is -2.47. The Kier molecular flexibility index (Phi) is 4.60. The number of sulfonamides is 1. The fourth-order valence-corrected chi connectivity index (χ4v) is 4.70. The molecule has 1 aromatic rings. The molecule has 0 aromatic heterocycles. The molecule has 7 nitrogen and oxygen atoms in total. The average molecular weight is 351 g/mol. The summed E-state index contributed by atoms with van der Waals surface area (Å²) >= 11 is 0. The van der Waals surface area contributed by atoms with E-state index in [9.17, 15) is 18.0 Å². The molecule has 130 valence electrons. The van der Waals surface area contributed by atoms with Crippen LogP contribution < -0.4 is 4.90 Å². The first-order valence-electron chi connectivity index (χ1n) is 8.04. The van der Waals surface area contributed by atoms with Gasteiger partial charge in [-0.15, -0.1) is 0 Å². The van der Waals surface area contributed by atoms with Crippen LogP contribution in [0.2, 0.25) is 0 Å². The Bertz CT molecular complexity index is 755. The fraction of sp³-hybridized carbons (Fsp3) is 0.500. The minimum Gasteiger partial charge on any atom is -0.343 e. The summed E-state index contributed by atoms with van der Waals surface area (Å²) in [5, 5.41) is 0. The molecule has 0 bridgehead atoms. The maximum atomic E-state index is 12.8. The number of hydrogen-bond acceptors (Lipinski definition) is 4. The Morgan fingerprint density at radius 1 is 1.08 bits per heavy atom. The second kappa shape index (κ2) is 6.52. The van der Waals surface area contributed by atoms with Gasteiger partial charge in [-0.1, -0.05) is 0 Å². The van der Waals surface area contributed by atoms with E-state index in [4.69, 9.17) is 0 Å². The molecule has 2 saturated heterocycles. The number of amides is 2. The standard InChI is InChI=1S/C16H21N3O4S/c1-13-11-14(4-5-15(13)19-6-2-3-16(19)21)24(22,23)18-9-7-17(12-20)8-10-18/h4-5,11-12H,2-3,6-10H2,1H3. The topological polar surface area (TPSA) is 78.0 Å². The molecule has 24 heavy (non-hydrogen) atoms. The molecule has 2 fully saturated rings. The van der Waals surface area contributed by atoms with Crippen LogP contribution in [0.4, 0.5) is 5.69 Å². The third kappa shape index (κ3) is 3.03. The molecule has 0 saturated carbocycles. The molecule has 2 aliphatic rings. The van der Waals surface area contributed by atoms with Crippen LogP contribution in [0.15, 0.2) is 23.1 Å². The summed E-state index contributed by atoms with van der Waals surface area (Å²) in [7, 11) is -3.58. The zero-order chi connectivity index (χ0) is 17.3. The van der Waals surface area contributed by atoms with Crippen molar-refractivity contribution in [3.63, 3.8) is 0 Å². The van der Waals surface area contributed by atoms with Crippen molar-refractivity contribution in [2.45, 2.75) is 24.7 Å². The predicted octanol–water partition coefficient (Wildman–Crippen LogP) is 0.585. The van der Waals surface area contributed by atoms with Gasteiger partial charge in [-0.25, -0.2) is 8.42 Å². The number of anilines is 1. The highest BCUT2D eigenvalue weighted by atomic mass is 32.2. The normalized spacial score (nSPS) is 19.8. The first-order valence-corrected chi connectivity index (χ1v) is 9.48. The Morgan fingerprint density at radius 2 is 1.79 bits per heavy atom. The third-order valence-electron chi connectivity index (χ3n) is 4.59. The predicted molar refractivity (Wildman–Crippen MR) is 89.2 cm³/mol. The van der Waals surface area contributed by atoms with Crippen LogP contribution in [0.1, 0.15) is 18.4 Å². The number of nitrogens with zero attached hydrogens (tertiary/aromatic N) is 3. The van der Waals surface area contributed by atoms with Crippen molar-refractivity contribution in [2.75, 3.05) is 37.6 Å². The van der Waals surface area contributed by atoms with Crippen LogP contribution in [0, 0.1) is 6.92 Å². The molecule has 0 radical (unpaired) electrons. The van der Waals surface area contributed by atoms with Crippen molar-refractivity contribution in [1.29, 1.82) is 0 Å². The molecular formula is C16H21N3O4S. The number of benzene rings is 1. The number of rotatable bonds is 4. The zero-order valence-electron chi connectivity index (χ0n) is 13.6. The molecule has 0 N–H and O–H groups in total. The summed E-state index contributed by atoms with van der Waals surface area (Å²) in [6.45, 7) is 3.91. The lowest BCUT2D eigenvalue weighted by molar-refractivity contribution is -0.119. The van der Waals surface area contributed by atoms with Gasteiger partial charge in [-0.05, 0) is 37.1 Å². The first kappa shape index (κ1) is 16.9. The summed E-state index contributed by atoms with van der Waals surface area (Å²) in [6.07, 6.45) is 2.12. The van der Waals surface area contributed by atoms with E-state index in [1.54, 1.807) is 28.0 Å². The minimum absolute atomic E-state index is 0.0821. The second-order valence-electron chi connectivity index (χ2n) is 6.14. The molecule has 1 aromatic carbocycles. The Morgan fingerprint density at radius 3 is 2.33 bits per heavy atom. The molecule has 0 spiro atoms. The Balaban J connectivity index is 1.83. The van der Waals surface area contributed by atoms with Gasteiger partial charge in [0.2, 0.25) is 22.3 Å². The number of aryl methyl sites for hydroxylation is 1. The maximum Gasteiger partial charge on any atom is 0.243 e. The van der Waals surface area contributed by atoms with Gasteiger partial charge in [0.05, 0.1) is 4.90 Å². The number of carbonyl (C=O) groups excluding carboxylic acids is 2. The molecule has 2 aliphatic heterocycles. The highest BCUT2D eigenvalue weighted by Gasteiger charge is 2.29. The van der Waals surface area contributed by atoms with E-state index in [2.05, 4.69) is 0 Å². The van der Waals surface area contributed by atoms with E-state index in [0.29, 0.717) is 39.1 Å². The fourth-order valence-electron chi connectivity index (χ4n) is 3.19. The summed E-state index contributed by atoms with van der Waals surface area (Å²) in [5.41, 5.74) is 1.56. The van der Waals surface area contributed by atoms with Gasteiger partial charge in [0.15, 0.2) is 0 Å². The van der Waals surface area contributed by atoms with Crippen molar-refractivity contribution >= 4 is 28.0 Å². The van der Waals surface area contributed by atoms with Crippen molar-refractivity contribution in [2.24, 2.45) is 0 Å². The van der Waals surface area contributed by atoms with Crippen LogP contribution in [0.3, 0.4) is 0 Å². The second-order valence-corrected chi connectivity index (χ2v) is 8.08. The minimum atomic E-state index is -3.58. The van der Waals surface area contributed by atoms with E-state index in [1.165, 1.54) is 4.31 Å². The third-order valence-corrected chi connectivity index (χ3v) is 6.49. The van der Waals surface area contributed by atoms with Crippen LogP contribution >= 0.6 is 0 Å². The summed E-state index contributed by atoms with van der Waals surface area (Å²) in [5.74, 6) is 0.0821. The molecule has 0 aliphatic carbocycles. The van der Waals surface area contributed by atoms with Crippen LogP contribution in [0.25, 0.3) is 0 Å². The van der Waals surface area contributed by atoms with Crippen LogP contribution in [-0.2, 0) is 19.6 Å². The summed E-state index contributed by atoms with van der Waals surface area (Å²) in [4.78, 5) is 26.1. The lowest BCUT2D eigenvalue weighted by atomic mass is 10.2. The summed E-state index contributed by atoms with van der Waals surface area (Å²) < 4.78 is 26.9. The van der Waals surface area contributed by atoms with Crippen molar-refractivity contribution in [3.05, 3.63) is 23.8 Å². The van der Waals surface area contributed by atoms with E-state index in [0.717, 1.165) is 24.1 Å². The highest BCUT2D eigenvalue weighted by molar-refractivity contribution is 7.89. The smallest absolute Gasteiger partial charge is 0.243 e. The highest BCUT2D eigenvalue weighted by Crippen LogP contribution is 2.28. The van der Waals surface area contributed by atoms with Gasteiger partial charge in [0.1, 0.15) is 0 Å². The van der Waals surface area contributed by atoms with Gasteiger partial charge in [0.25, 0.3) is 0 Å². The molecule has 2 amide bonds. The average Bonchev–Trinajstić information content (AvgIpc) is 3.00. The monoisotopic (exact) mass is 351 g/mol. The largest absolute Gasteiger partial charge is 0.343 e. The SMILES string of the molecule is Cc1cc(S(=O)(=O)N2CCN(C=O)CC2)ccc1N1CCCC1=O. The van der Waals surface area contributed by atoms with Crippen LogP contribution in [0.5, 0.6) is 0 Å². The van der Waals surface area contributed by atoms with E-state index in [-0.39, 0.29) is 10.8 Å². The van der Waals surface area contributed by atoms with Gasteiger partial charge in [-0.2, -0.15) is 4.31 Å². The summed E-state index contributed by atoms with van der Waals surface area (Å²) in [6, 6.07) is 4.91. The molecule has 8 heteroatoms. The zero-order valence-corrected chi connectivity index (χ0v) is 14.5. The first-order chi connectivity index (χ1) is 11.4. The number of carbonyl (C=O) groups is 2. The van der Waals surface area contributed by atoms with Gasteiger partial charge < -0.3 is 9.80 Å². The lowest BCUT2D eigenvalue weighted by Gasteiger charge is -2.31. The number of hydrogen-bond donors (Lipinski definition) is 0. The van der Waals surface area contributed by atoms with Gasteiger partial charge in [0, 0.05) is 44.8 Å². The van der Waals surface area contributed by atoms with Gasteiger partial charge >= 0.3 is 0 Å². The molecule has 0 unspecified atom stereocenters. The van der Waals surface area contributed by atoms with Gasteiger partial charge in [-0.3, -0.25) is 9.59 Å². The maximum absolute atomic E-state index is 12.8.